The number of hydrogen-bond acceptors (Lipinski definition) is 2. The minimum atomic E-state index is -0.986. The lowest BCUT2D eigenvalue weighted by Crippen LogP contribution is -2.34. The summed E-state index contributed by atoms with van der Waals surface area (Å²) in [5.41, 5.74) is 2.67. The first kappa shape index (κ1) is 18.2. The van der Waals surface area contributed by atoms with E-state index in [1.54, 1.807) is 17.0 Å². The van der Waals surface area contributed by atoms with E-state index < -0.39 is 5.97 Å². The van der Waals surface area contributed by atoms with E-state index >= 15 is 0 Å². The van der Waals surface area contributed by atoms with Gasteiger partial charge in [0.25, 0.3) is 0 Å². The van der Waals surface area contributed by atoms with Gasteiger partial charge >= 0.3 is 12.0 Å². The third-order valence-electron chi connectivity index (χ3n) is 4.08. The number of carbonyl (C=O) groups excluding carboxylic acids is 1. The maximum absolute atomic E-state index is 12.8. The van der Waals surface area contributed by atoms with Crippen LogP contribution in [0.5, 0.6) is 0 Å². The summed E-state index contributed by atoms with van der Waals surface area (Å²) >= 11 is 0. The Morgan fingerprint density at radius 3 is 2.04 bits per heavy atom. The molecule has 0 fully saturated rings. The number of para-hydroxylation sites is 1. The summed E-state index contributed by atoms with van der Waals surface area (Å²) in [6.45, 7) is 0.714. The van der Waals surface area contributed by atoms with E-state index in [1.165, 1.54) is 6.07 Å². The van der Waals surface area contributed by atoms with Crippen molar-refractivity contribution in [1.29, 1.82) is 0 Å². The number of carbonyl (C=O) groups is 2. The molecule has 5 heteroatoms. The summed E-state index contributed by atoms with van der Waals surface area (Å²) in [6, 6.07) is 25.3. The van der Waals surface area contributed by atoms with E-state index in [0.29, 0.717) is 18.8 Å². The smallest absolute Gasteiger partial charge is 0.335 e. The maximum Gasteiger partial charge on any atom is 0.335 e. The first-order chi connectivity index (χ1) is 13.1. The molecule has 0 aliphatic rings. The van der Waals surface area contributed by atoms with Crippen LogP contribution in [0.25, 0.3) is 0 Å². The molecule has 3 rings (SSSR count). The van der Waals surface area contributed by atoms with Gasteiger partial charge in [0.15, 0.2) is 0 Å². The van der Waals surface area contributed by atoms with Gasteiger partial charge in [0, 0.05) is 18.8 Å². The Balaban J connectivity index is 1.81. The van der Waals surface area contributed by atoms with Gasteiger partial charge in [-0.05, 0) is 35.4 Å². The zero-order chi connectivity index (χ0) is 19.1. The average Bonchev–Trinajstić information content (AvgIpc) is 2.69. The van der Waals surface area contributed by atoms with Gasteiger partial charge in [0.1, 0.15) is 0 Å². The Hall–Kier alpha value is -3.60. The lowest BCUT2D eigenvalue weighted by atomic mass is 10.1. The van der Waals surface area contributed by atoms with Gasteiger partial charge < -0.3 is 15.3 Å². The molecule has 2 N–H and O–H groups in total. The molecule has 3 aromatic carbocycles. The highest BCUT2D eigenvalue weighted by Gasteiger charge is 2.16. The zero-order valence-corrected chi connectivity index (χ0v) is 14.7. The van der Waals surface area contributed by atoms with Crippen molar-refractivity contribution in [2.24, 2.45) is 0 Å². The molecule has 0 radical (unpaired) electrons. The number of carboxylic acid groups (broad SMARTS) is 1. The third kappa shape index (κ3) is 5.19. The van der Waals surface area contributed by atoms with E-state index in [4.69, 9.17) is 0 Å². The van der Waals surface area contributed by atoms with E-state index in [0.717, 1.165) is 11.1 Å². The van der Waals surface area contributed by atoms with Crippen molar-refractivity contribution in [1.82, 2.24) is 4.90 Å². The van der Waals surface area contributed by atoms with Gasteiger partial charge in [-0.3, -0.25) is 0 Å². The van der Waals surface area contributed by atoms with Crippen molar-refractivity contribution < 1.29 is 14.7 Å². The Kier molecular flexibility index (Phi) is 5.84. The molecule has 0 saturated heterocycles. The topological polar surface area (TPSA) is 69.6 Å². The van der Waals surface area contributed by atoms with E-state index in [9.17, 15) is 14.7 Å². The van der Waals surface area contributed by atoms with E-state index in [1.807, 2.05) is 66.7 Å². The molecule has 0 aliphatic heterocycles. The largest absolute Gasteiger partial charge is 0.478 e. The minimum Gasteiger partial charge on any atom is -0.478 e. The Morgan fingerprint density at radius 2 is 1.37 bits per heavy atom. The standard InChI is InChI=1S/C22H20N2O3/c25-21(26)19-11-7-10-18(14-19)16-24(15-17-8-3-1-4-9-17)22(27)23-20-12-5-2-6-13-20/h1-14H,15-16H2,(H,23,27)(H,25,26). The fourth-order valence-electron chi connectivity index (χ4n) is 2.75. The van der Waals surface area contributed by atoms with Crippen molar-refractivity contribution in [3.63, 3.8) is 0 Å². The molecule has 3 aromatic rings. The summed E-state index contributed by atoms with van der Waals surface area (Å²) in [4.78, 5) is 25.7. The van der Waals surface area contributed by atoms with Crippen molar-refractivity contribution in [2.45, 2.75) is 13.1 Å². The number of hydrogen-bond donors (Lipinski definition) is 2. The van der Waals surface area contributed by atoms with Crippen LogP contribution in [-0.2, 0) is 13.1 Å². The Bertz CT molecular complexity index is 911. The van der Waals surface area contributed by atoms with Crippen LogP contribution in [0.2, 0.25) is 0 Å². The van der Waals surface area contributed by atoms with Crippen LogP contribution in [-0.4, -0.2) is 22.0 Å². The second-order valence-corrected chi connectivity index (χ2v) is 6.14. The van der Waals surface area contributed by atoms with Crippen LogP contribution in [0.1, 0.15) is 21.5 Å². The van der Waals surface area contributed by atoms with Crippen molar-refractivity contribution >= 4 is 17.7 Å². The molecule has 0 heterocycles. The maximum atomic E-state index is 12.8. The Labute approximate surface area is 157 Å². The van der Waals surface area contributed by atoms with Crippen LogP contribution in [0, 0.1) is 0 Å². The van der Waals surface area contributed by atoms with E-state index in [-0.39, 0.29) is 11.6 Å². The highest BCUT2D eigenvalue weighted by Crippen LogP contribution is 2.15. The lowest BCUT2D eigenvalue weighted by molar-refractivity contribution is 0.0696. The number of nitrogens with one attached hydrogen (secondary N) is 1. The second-order valence-electron chi connectivity index (χ2n) is 6.14. The summed E-state index contributed by atoms with van der Waals surface area (Å²) in [5, 5.41) is 12.1. The number of nitrogens with zero attached hydrogens (tertiary/aromatic N) is 1. The number of aromatic carboxylic acids is 1. The highest BCUT2D eigenvalue weighted by atomic mass is 16.4. The molecule has 0 unspecified atom stereocenters. The summed E-state index contributed by atoms with van der Waals surface area (Å²) < 4.78 is 0. The number of urea groups is 1. The highest BCUT2D eigenvalue weighted by molar-refractivity contribution is 5.89. The van der Waals surface area contributed by atoms with Gasteiger partial charge in [-0.25, -0.2) is 9.59 Å². The van der Waals surface area contributed by atoms with Crippen LogP contribution in [0.4, 0.5) is 10.5 Å². The number of amides is 2. The summed E-state index contributed by atoms with van der Waals surface area (Å²) in [6.07, 6.45) is 0. The quantitative estimate of drug-likeness (QED) is 0.674. The lowest BCUT2D eigenvalue weighted by Gasteiger charge is -2.23. The monoisotopic (exact) mass is 360 g/mol. The van der Waals surface area contributed by atoms with Gasteiger partial charge in [-0.2, -0.15) is 0 Å². The van der Waals surface area contributed by atoms with Gasteiger partial charge in [-0.1, -0.05) is 60.7 Å². The van der Waals surface area contributed by atoms with Gasteiger partial charge in [-0.15, -0.1) is 0 Å². The van der Waals surface area contributed by atoms with Crippen molar-refractivity contribution in [3.05, 3.63) is 102 Å². The molecule has 5 nitrogen and oxygen atoms in total. The van der Waals surface area contributed by atoms with Crippen LogP contribution in [0.3, 0.4) is 0 Å². The predicted molar refractivity (Wildman–Crippen MR) is 105 cm³/mol. The number of rotatable bonds is 6. The molecule has 0 aliphatic carbocycles. The first-order valence-corrected chi connectivity index (χ1v) is 8.59. The number of anilines is 1. The normalized spacial score (nSPS) is 10.2. The fourth-order valence-corrected chi connectivity index (χ4v) is 2.75. The number of carboxylic acids is 1. The molecular weight excluding hydrogens is 340 g/mol. The molecule has 0 saturated carbocycles. The van der Waals surface area contributed by atoms with Crippen LogP contribution < -0.4 is 5.32 Å². The minimum absolute atomic E-state index is 0.204. The second kappa shape index (κ2) is 8.67. The predicted octanol–water partition coefficient (Wildman–Crippen LogP) is 4.62. The SMILES string of the molecule is O=C(O)c1cccc(CN(Cc2ccccc2)C(=O)Nc2ccccc2)c1. The molecule has 2 amide bonds. The summed E-state index contributed by atoms with van der Waals surface area (Å²) in [5.74, 6) is -0.986. The molecule has 0 aromatic heterocycles. The van der Waals surface area contributed by atoms with Crippen LogP contribution >= 0.6 is 0 Å². The van der Waals surface area contributed by atoms with Gasteiger partial charge in [0.05, 0.1) is 5.56 Å². The van der Waals surface area contributed by atoms with Crippen molar-refractivity contribution in [2.75, 3.05) is 5.32 Å². The van der Waals surface area contributed by atoms with E-state index in [2.05, 4.69) is 5.32 Å². The molecular formula is C22H20N2O3. The fraction of sp³-hybridized carbons (Fsp3) is 0.0909. The van der Waals surface area contributed by atoms with Crippen molar-refractivity contribution in [3.8, 4) is 0 Å². The molecule has 0 atom stereocenters. The first-order valence-electron chi connectivity index (χ1n) is 8.59. The number of benzene rings is 3. The molecule has 136 valence electrons. The summed E-state index contributed by atoms with van der Waals surface area (Å²) in [7, 11) is 0. The average molecular weight is 360 g/mol. The zero-order valence-electron chi connectivity index (χ0n) is 14.7. The molecule has 0 spiro atoms. The molecule has 27 heavy (non-hydrogen) atoms. The van der Waals surface area contributed by atoms with Crippen LogP contribution in [0.15, 0.2) is 84.9 Å². The molecule has 0 bridgehead atoms. The third-order valence-corrected chi connectivity index (χ3v) is 4.08. The van der Waals surface area contributed by atoms with Gasteiger partial charge in [0.2, 0.25) is 0 Å². The Morgan fingerprint density at radius 1 is 0.778 bits per heavy atom.